The summed E-state index contributed by atoms with van der Waals surface area (Å²) in [5.74, 6) is 0.344. The summed E-state index contributed by atoms with van der Waals surface area (Å²) in [6, 6.07) is 4.75. The number of hydrogen-bond acceptors (Lipinski definition) is 5. The van der Waals surface area contributed by atoms with Crippen LogP contribution in [0.15, 0.2) is 40.0 Å². The summed E-state index contributed by atoms with van der Waals surface area (Å²) in [6.07, 6.45) is 2.45. The first kappa shape index (κ1) is 15.0. The van der Waals surface area contributed by atoms with Crippen molar-refractivity contribution in [3.05, 3.63) is 40.1 Å². The van der Waals surface area contributed by atoms with E-state index < -0.39 is 10.0 Å². The van der Waals surface area contributed by atoms with Gasteiger partial charge in [-0.05, 0) is 34.1 Å². The van der Waals surface area contributed by atoms with Gasteiger partial charge >= 0.3 is 0 Å². The molecule has 0 atom stereocenters. The molecule has 1 aromatic carbocycles. The molecule has 9 heteroatoms. The molecule has 0 unspecified atom stereocenters. The molecule has 0 spiro atoms. The monoisotopic (exact) mass is 376 g/mol. The second kappa shape index (κ2) is 5.94. The van der Waals surface area contributed by atoms with Crippen molar-refractivity contribution in [2.24, 2.45) is 0 Å². The molecule has 2 aromatic rings. The molecule has 2 rings (SSSR count). The highest BCUT2D eigenvalue weighted by molar-refractivity contribution is 9.10. The Morgan fingerprint density at radius 1 is 1.25 bits per heavy atom. The highest BCUT2D eigenvalue weighted by Crippen LogP contribution is 2.27. The maximum atomic E-state index is 12.2. The van der Waals surface area contributed by atoms with Gasteiger partial charge in [0.25, 0.3) is 10.0 Å². The topological polar surface area (TPSA) is 84.0 Å². The summed E-state index contributed by atoms with van der Waals surface area (Å²) in [5.41, 5.74) is 0.382. The molecule has 0 saturated heterocycles. The maximum absolute atomic E-state index is 12.2. The number of nitrogens with one attached hydrogen (secondary N) is 2. The van der Waals surface area contributed by atoms with Crippen LogP contribution in [-0.2, 0) is 10.0 Å². The van der Waals surface area contributed by atoms with Crippen LogP contribution in [0.3, 0.4) is 0 Å². The van der Waals surface area contributed by atoms with Crippen LogP contribution >= 0.6 is 27.5 Å². The standard InChI is InChI=1S/C11H10BrClN4O2S/c1-14-11-15-5-8(6-16-11)20(18,19)17-10-3-2-7(13)4-9(10)12/h2-6,17H,1H3,(H,14,15,16). The second-order valence-corrected chi connectivity index (χ2v) is 6.70. The number of anilines is 2. The highest BCUT2D eigenvalue weighted by atomic mass is 79.9. The van der Waals surface area contributed by atoms with Crippen LogP contribution in [0.5, 0.6) is 0 Å². The van der Waals surface area contributed by atoms with Gasteiger partial charge in [0, 0.05) is 16.5 Å². The predicted octanol–water partition coefficient (Wildman–Crippen LogP) is 2.74. The van der Waals surface area contributed by atoms with Crippen molar-refractivity contribution in [3.8, 4) is 0 Å². The fraction of sp³-hybridized carbons (Fsp3) is 0.0909. The summed E-state index contributed by atoms with van der Waals surface area (Å²) in [6.45, 7) is 0. The van der Waals surface area contributed by atoms with Crippen LogP contribution in [0.2, 0.25) is 5.02 Å². The quantitative estimate of drug-likeness (QED) is 0.856. The van der Waals surface area contributed by atoms with Gasteiger partial charge in [-0.3, -0.25) is 4.72 Å². The molecule has 1 aromatic heterocycles. The number of hydrogen-bond donors (Lipinski definition) is 2. The van der Waals surface area contributed by atoms with Gasteiger partial charge < -0.3 is 5.32 Å². The molecule has 2 N–H and O–H groups in total. The second-order valence-electron chi connectivity index (χ2n) is 3.72. The van der Waals surface area contributed by atoms with E-state index in [1.165, 1.54) is 12.4 Å². The summed E-state index contributed by atoms with van der Waals surface area (Å²) >= 11 is 9.05. The first-order valence-corrected chi connectivity index (χ1v) is 8.05. The Balaban J connectivity index is 2.30. The third-order valence-electron chi connectivity index (χ3n) is 2.34. The molecule has 0 aliphatic heterocycles. The van der Waals surface area contributed by atoms with E-state index in [2.05, 4.69) is 35.9 Å². The predicted molar refractivity (Wildman–Crippen MR) is 81.5 cm³/mol. The Morgan fingerprint density at radius 3 is 2.45 bits per heavy atom. The van der Waals surface area contributed by atoms with Crippen LogP contribution in [0, 0.1) is 0 Å². The largest absolute Gasteiger partial charge is 0.357 e. The van der Waals surface area contributed by atoms with Crippen LogP contribution in [0.25, 0.3) is 0 Å². The van der Waals surface area contributed by atoms with E-state index in [0.29, 0.717) is 21.1 Å². The Morgan fingerprint density at radius 2 is 1.90 bits per heavy atom. The minimum atomic E-state index is -3.75. The highest BCUT2D eigenvalue weighted by Gasteiger charge is 2.16. The van der Waals surface area contributed by atoms with Gasteiger partial charge in [0.1, 0.15) is 4.90 Å². The van der Waals surface area contributed by atoms with Crippen molar-refractivity contribution in [1.29, 1.82) is 0 Å². The van der Waals surface area contributed by atoms with Crippen molar-refractivity contribution >= 4 is 49.2 Å². The van der Waals surface area contributed by atoms with Gasteiger partial charge in [-0.2, -0.15) is 0 Å². The molecule has 0 amide bonds. The third kappa shape index (κ3) is 3.38. The lowest BCUT2D eigenvalue weighted by atomic mass is 10.3. The Bertz CT molecular complexity index is 722. The lowest BCUT2D eigenvalue weighted by Gasteiger charge is -2.09. The lowest BCUT2D eigenvalue weighted by Crippen LogP contribution is -2.14. The molecule has 0 bridgehead atoms. The first-order valence-electron chi connectivity index (χ1n) is 5.40. The van der Waals surface area contributed by atoms with Crippen molar-refractivity contribution in [3.63, 3.8) is 0 Å². The van der Waals surface area contributed by atoms with E-state index in [0.717, 1.165) is 0 Å². The van der Waals surface area contributed by atoms with Crippen molar-refractivity contribution in [2.45, 2.75) is 4.90 Å². The molecular formula is C11H10BrClN4O2S. The Labute approximate surface area is 129 Å². The van der Waals surface area contributed by atoms with Gasteiger partial charge in [0.05, 0.1) is 18.1 Å². The van der Waals surface area contributed by atoms with Crippen molar-refractivity contribution in [2.75, 3.05) is 17.1 Å². The molecule has 0 radical (unpaired) electrons. The fourth-order valence-corrected chi connectivity index (χ4v) is 3.24. The van der Waals surface area contributed by atoms with Gasteiger partial charge in [-0.1, -0.05) is 11.6 Å². The van der Waals surface area contributed by atoms with E-state index in [9.17, 15) is 8.42 Å². The third-order valence-corrected chi connectivity index (χ3v) is 4.55. The van der Waals surface area contributed by atoms with Crippen LogP contribution < -0.4 is 10.0 Å². The van der Waals surface area contributed by atoms with Gasteiger partial charge in [0.2, 0.25) is 5.95 Å². The van der Waals surface area contributed by atoms with Gasteiger partial charge in [0.15, 0.2) is 0 Å². The summed E-state index contributed by atoms with van der Waals surface area (Å²) < 4.78 is 27.3. The number of nitrogens with zero attached hydrogens (tertiary/aromatic N) is 2. The van der Waals surface area contributed by atoms with Crippen molar-refractivity contribution < 1.29 is 8.42 Å². The average molecular weight is 378 g/mol. The molecule has 6 nitrogen and oxygen atoms in total. The lowest BCUT2D eigenvalue weighted by molar-refractivity contribution is 0.600. The molecule has 0 fully saturated rings. The molecule has 0 aliphatic rings. The normalized spacial score (nSPS) is 11.2. The molecule has 20 heavy (non-hydrogen) atoms. The van der Waals surface area contributed by atoms with E-state index in [-0.39, 0.29) is 4.90 Å². The zero-order valence-electron chi connectivity index (χ0n) is 10.3. The van der Waals surface area contributed by atoms with E-state index in [1.807, 2.05) is 0 Å². The van der Waals surface area contributed by atoms with Crippen LogP contribution in [-0.4, -0.2) is 25.4 Å². The number of sulfonamides is 1. The molecule has 0 saturated carbocycles. The summed E-state index contributed by atoms with van der Waals surface area (Å²) in [7, 11) is -2.10. The van der Waals surface area contributed by atoms with E-state index in [4.69, 9.17) is 11.6 Å². The minimum absolute atomic E-state index is 0.0293. The number of halogens is 2. The number of aromatic nitrogens is 2. The molecular weight excluding hydrogens is 368 g/mol. The van der Waals surface area contributed by atoms with E-state index in [1.54, 1.807) is 25.2 Å². The number of rotatable bonds is 4. The van der Waals surface area contributed by atoms with Gasteiger partial charge in [-0.15, -0.1) is 0 Å². The smallest absolute Gasteiger partial charge is 0.265 e. The average Bonchev–Trinajstić information content (AvgIpc) is 2.42. The Kier molecular flexibility index (Phi) is 4.46. The summed E-state index contributed by atoms with van der Waals surface area (Å²) in [5, 5.41) is 3.21. The first-order chi connectivity index (χ1) is 9.42. The molecule has 0 aliphatic carbocycles. The zero-order valence-corrected chi connectivity index (χ0v) is 13.4. The molecule has 1 heterocycles. The molecule has 106 valence electrons. The van der Waals surface area contributed by atoms with Crippen LogP contribution in [0.1, 0.15) is 0 Å². The fourth-order valence-electron chi connectivity index (χ4n) is 1.36. The van der Waals surface area contributed by atoms with Crippen LogP contribution in [0.4, 0.5) is 11.6 Å². The SMILES string of the molecule is CNc1ncc(S(=O)(=O)Nc2ccc(Cl)cc2Br)cn1. The zero-order chi connectivity index (χ0) is 14.8. The van der Waals surface area contributed by atoms with E-state index >= 15 is 0 Å². The van der Waals surface area contributed by atoms with Gasteiger partial charge in [-0.25, -0.2) is 18.4 Å². The number of benzene rings is 1. The summed E-state index contributed by atoms with van der Waals surface area (Å²) in [4.78, 5) is 7.71. The maximum Gasteiger partial charge on any atom is 0.265 e. The minimum Gasteiger partial charge on any atom is -0.357 e. The van der Waals surface area contributed by atoms with Crippen molar-refractivity contribution in [1.82, 2.24) is 9.97 Å². The Hall–Kier alpha value is -1.38.